The Kier molecular flexibility index (Phi) is 3.33. The van der Waals surface area contributed by atoms with Crippen molar-refractivity contribution in [2.45, 2.75) is 18.9 Å². The van der Waals surface area contributed by atoms with Crippen LogP contribution in [0.4, 0.5) is 4.79 Å². The maximum absolute atomic E-state index is 11.0. The molecular formula is C13H17NO3. The van der Waals surface area contributed by atoms with Crippen LogP contribution in [0.2, 0.25) is 0 Å². The molecule has 17 heavy (non-hydrogen) atoms. The number of methoxy groups -OCH3 is 1. The van der Waals surface area contributed by atoms with E-state index in [1.807, 2.05) is 30.3 Å². The Morgan fingerprint density at radius 2 is 2.06 bits per heavy atom. The van der Waals surface area contributed by atoms with Crippen LogP contribution in [-0.2, 0) is 9.47 Å². The lowest BCUT2D eigenvalue weighted by atomic mass is 9.93. The van der Waals surface area contributed by atoms with Crippen LogP contribution >= 0.6 is 0 Å². The van der Waals surface area contributed by atoms with Gasteiger partial charge in [0.05, 0.1) is 6.61 Å². The molecule has 2 rings (SSSR count). The standard InChI is InChI=1S/C13H17NO3/c1-16-9-13(7-8-13)11(17-12(14)15)10-5-3-2-4-6-10/h2-6,11H,7-9H2,1H3,(H2,14,15). The molecule has 1 aromatic carbocycles. The predicted molar refractivity (Wildman–Crippen MR) is 63.4 cm³/mol. The average molecular weight is 235 g/mol. The van der Waals surface area contributed by atoms with E-state index in [2.05, 4.69) is 0 Å². The average Bonchev–Trinajstić information content (AvgIpc) is 3.08. The van der Waals surface area contributed by atoms with Crippen molar-refractivity contribution < 1.29 is 14.3 Å². The minimum Gasteiger partial charge on any atom is -0.441 e. The van der Waals surface area contributed by atoms with Crippen LogP contribution in [0.15, 0.2) is 30.3 Å². The number of carbonyl (C=O) groups is 1. The highest BCUT2D eigenvalue weighted by atomic mass is 16.6. The summed E-state index contributed by atoms with van der Waals surface area (Å²) in [6, 6.07) is 9.68. The Morgan fingerprint density at radius 1 is 1.41 bits per heavy atom. The molecule has 1 unspecified atom stereocenters. The molecule has 1 fully saturated rings. The van der Waals surface area contributed by atoms with Gasteiger partial charge in [0.2, 0.25) is 0 Å². The third-order valence-corrected chi connectivity index (χ3v) is 3.22. The molecule has 0 bridgehead atoms. The van der Waals surface area contributed by atoms with Crippen LogP contribution in [0, 0.1) is 5.41 Å². The third kappa shape index (κ3) is 2.58. The zero-order valence-electron chi connectivity index (χ0n) is 9.89. The van der Waals surface area contributed by atoms with E-state index in [9.17, 15) is 4.79 Å². The normalized spacial score (nSPS) is 18.4. The van der Waals surface area contributed by atoms with Crippen molar-refractivity contribution in [1.29, 1.82) is 0 Å². The molecule has 0 radical (unpaired) electrons. The summed E-state index contributed by atoms with van der Waals surface area (Å²) in [5.41, 5.74) is 6.03. The van der Waals surface area contributed by atoms with Gasteiger partial charge in [-0.05, 0) is 18.4 Å². The summed E-state index contributed by atoms with van der Waals surface area (Å²) in [6.07, 6.45) is 0.948. The molecule has 92 valence electrons. The Bertz CT molecular complexity index is 387. The second kappa shape index (κ2) is 4.75. The number of amides is 1. The number of hydrogen-bond acceptors (Lipinski definition) is 3. The van der Waals surface area contributed by atoms with Gasteiger partial charge < -0.3 is 15.2 Å². The van der Waals surface area contributed by atoms with Crippen LogP contribution in [0.1, 0.15) is 24.5 Å². The van der Waals surface area contributed by atoms with E-state index in [-0.39, 0.29) is 11.5 Å². The molecule has 1 aliphatic carbocycles. The van der Waals surface area contributed by atoms with Gasteiger partial charge in [0.25, 0.3) is 0 Å². The molecule has 0 saturated heterocycles. The number of primary amides is 1. The van der Waals surface area contributed by atoms with Crippen molar-refractivity contribution in [3.05, 3.63) is 35.9 Å². The van der Waals surface area contributed by atoms with E-state index in [0.29, 0.717) is 6.61 Å². The van der Waals surface area contributed by atoms with Crippen LogP contribution in [-0.4, -0.2) is 19.8 Å². The second-order valence-electron chi connectivity index (χ2n) is 4.52. The van der Waals surface area contributed by atoms with Gasteiger partial charge in [-0.25, -0.2) is 4.79 Å². The highest BCUT2D eigenvalue weighted by Crippen LogP contribution is 2.56. The second-order valence-corrected chi connectivity index (χ2v) is 4.52. The lowest BCUT2D eigenvalue weighted by Crippen LogP contribution is -2.27. The van der Waals surface area contributed by atoms with Gasteiger partial charge in [-0.1, -0.05) is 30.3 Å². The minimum atomic E-state index is -0.735. The van der Waals surface area contributed by atoms with Gasteiger partial charge in [0.15, 0.2) is 0 Å². The first-order valence-electron chi connectivity index (χ1n) is 5.68. The summed E-state index contributed by atoms with van der Waals surface area (Å²) in [6.45, 7) is 0.583. The number of rotatable bonds is 5. The molecule has 0 aromatic heterocycles. The smallest absolute Gasteiger partial charge is 0.405 e. The van der Waals surface area contributed by atoms with Gasteiger partial charge in [-0.3, -0.25) is 0 Å². The topological polar surface area (TPSA) is 61.6 Å². The van der Waals surface area contributed by atoms with E-state index in [4.69, 9.17) is 15.2 Å². The monoisotopic (exact) mass is 235 g/mol. The Balaban J connectivity index is 2.23. The number of ether oxygens (including phenoxy) is 2. The summed E-state index contributed by atoms with van der Waals surface area (Å²) >= 11 is 0. The summed E-state index contributed by atoms with van der Waals surface area (Å²) < 4.78 is 10.5. The molecule has 4 nitrogen and oxygen atoms in total. The SMILES string of the molecule is COCC1(C(OC(N)=O)c2ccccc2)CC1. The lowest BCUT2D eigenvalue weighted by molar-refractivity contribution is 0.0164. The first kappa shape index (κ1) is 11.9. The lowest BCUT2D eigenvalue weighted by Gasteiger charge is -2.26. The highest BCUT2D eigenvalue weighted by molar-refractivity contribution is 5.65. The van der Waals surface area contributed by atoms with E-state index < -0.39 is 6.09 Å². The fourth-order valence-electron chi connectivity index (χ4n) is 2.22. The zero-order chi connectivity index (χ0) is 12.3. The molecule has 0 heterocycles. The van der Waals surface area contributed by atoms with Gasteiger partial charge in [0, 0.05) is 12.5 Å². The Labute approximate surface area is 101 Å². The third-order valence-electron chi connectivity index (χ3n) is 3.22. The maximum atomic E-state index is 11.0. The minimum absolute atomic E-state index is 0.0921. The van der Waals surface area contributed by atoms with Gasteiger partial charge in [0.1, 0.15) is 6.10 Å². The van der Waals surface area contributed by atoms with E-state index in [1.54, 1.807) is 7.11 Å². The van der Waals surface area contributed by atoms with Crippen LogP contribution < -0.4 is 5.73 Å². The molecule has 0 aliphatic heterocycles. The largest absolute Gasteiger partial charge is 0.441 e. The summed E-state index contributed by atoms with van der Waals surface area (Å²) in [4.78, 5) is 11.0. The van der Waals surface area contributed by atoms with Crippen molar-refractivity contribution in [3.63, 3.8) is 0 Å². The molecular weight excluding hydrogens is 218 g/mol. The number of hydrogen-bond donors (Lipinski definition) is 1. The van der Waals surface area contributed by atoms with Crippen LogP contribution in [0.3, 0.4) is 0 Å². The number of benzene rings is 1. The molecule has 4 heteroatoms. The van der Waals surface area contributed by atoms with Gasteiger partial charge in [-0.15, -0.1) is 0 Å². The zero-order valence-corrected chi connectivity index (χ0v) is 9.89. The van der Waals surface area contributed by atoms with Gasteiger partial charge >= 0.3 is 6.09 Å². The molecule has 1 atom stereocenters. The molecule has 1 amide bonds. The van der Waals surface area contributed by atoms with Crippen LogP contribution in [0.5, 0.6) is 0 Å². The summed E-state index contributed by atoms with van der Waals surface area (Å²) in [5.74, 6) is 0. The Hall–Kier alpha value is -1.55. The quantitative estimate of drug-likeness (QED) is 0.851. The first-order chi connectivity index (χ1) is 8.18. The molecule has 1 aliphatic rings. The van der Waals surface area contributed by atoms with Crippen molar-refractivity contribution in [1.82, 2.24) is 0 Å². The van der Waals surface area contributed by atoms with E-state index >= 15 is 0 Å². The molecule has 0 spiro atoms. The molecule has 1 saturated carbocycles. The van der Waals surface area contributed by atoms with Crippen molar-refractivity contribution in [2.75, 3.05) is 13.7 Å². The van der Waals surface area contributed by atoms with E-state index in [1.165, 1.54) is 0 Å². The highest BCUT2D eigenvalue weighted by Gasteiger charge is 2.52. The predicted octanol–water partition coefficient (Wildman–Crippen LogP) is 2.25. The summed E-state index contributed by atoms with van der Waals surface area (Å²) in [7, 11) is 1.66. The van der Waals surface area contributed by atoms with Crippen molar-refractivity contribution in [2.24, 2.45) is 11.1 Å². The molecule has 2 N–H and O–H groups in total. The number of carbonyl (C=O) groups excluding carboxylic acids is 1. The summed E-state index contributed by atoms with van der Waals surface area (Å²) in [5, 5.41) is 0. The van der Waals surface area contributed by atoms with E-state index in [0.717, 1.165) is 18.4 Å². The van der Waals surface area contributed by atoms with Crippen molar-refractivity contribution in [3.8, 4) is 0 Å². The fraction of sp³-hybridized carbons (Fsp3) is 0.462. The molecule has 1 aromatic rings. The first-order valence-corrected chi connectivity index (χ1v) is 5.68. The van der Waals surface area contributed by atoms with Crippen LogP contribution in [0.25, 0.3) is 0 Å². The van der Waals surface area contributed by atoms with Crippen molar-refractivity contribution >= 4 is 6.09 Å². The van der Waals surface area contributed by atoms with Gasteiger partial charge in [-0.2, -0.15) is 0 Å². The fourth-order valence-corrected chi connectivity index (χ4v) is 2.22. The number of nitrogens with two attached hydrogens (primary N) is 1. The maximum Gasteiger partial charge on any atom is 0.405 e. The Morgan fingerprint density at radius 3 is 2.53 bits per heavy atom.